The van der Waals surface area contributed by atoms with Gasteiger partial charge in [0.05, 0.1) is 13.0 Å². The smallest absolute Gasteiger partial charge is 0.407 e. The standard InChI is InChI=1S/C32H60N2O8.C15H28O5.C8H19N.C7H6N4O/c1-4-6-13-21-29(35)40-25-28(26-41-30(36)22-14-7-5-2)42-32(38)34-24-18-12-10-8-9-11-15-19-27(31(37)39-3)20-16-17-23-33;1-3-5-7-9-14(17)19-11-13(16)12-20-15(18)10-8-6-4-2;1-2-3-4-5-6-7-8-9;12-7(10-3-1-8-5-10)11-4-2-9-6-11/h27-28H,4-26,33H2,1-3H3,(H,34,38);13,16H,3-12H2,1-2H3;2-9H2,1H3;1-6H. The predicted molar refractivity (Wildman–Crippen MR) is 323 cm³/mol. The van der Waals surface area contributed by atoms with Crippen LogP contribution in [0.2, 0.25) is 0 Å². The van der Waals surface area contributed by atoms with Crippen LogP contribution in [0.5, 0.6) is 0 Å². The van der Waals surface area contributed by atoms with E-state index in [9.17, 15) is 38.7 Å². The molecular formula is C62H113N7O14. The quantitative estimate of drug-likeness (QED) is 0.0272. The van der Waals surface area contributed by atoms with Crippen LogP contribution in [-0.4, -0.2) is 132 Å². The molecule has 21 heteroatoms. The highest BCUT2D eigenvalue weighted by Crippen LogP contribution is 2.19. The minimum absolute atomic E-state index is 0.0253. The van der Waals surface area contributed by atoms with Crippen LogP contribution in [0.1, 0.15) is 247 Å². The molecule has 83 heavy (non-hydrogen) atoms. The van der Waals surface area contributed by atoms with E-state index in [1.165, 1.54) is 67.4 Å². The maximum Gasteiger partial charge on any atom is 0.407 e. The zero-order valence-electron chi connectivity index (χ0n) is 52.2. The third-order valence-corrected chi connectivity index (χ3v) is 13.0. The maximum absolute atomic E-state index is 12.3. The van der Waals surface area contributed by atoms with E-state index in [0.29, 0.717) is 38.8 Å². The number of rotatable bonds is 46. The summed E-state index contributed by atoms with van der Waals surface area (Å²) in [6.07, 6.45) is 38.0. The minimum Gasteiger partial charge on any atom is -0.469 e. The summed E-state index contributed by atoms with van der Waals surface area (Å²) in [5.41, 5.74) is 10.9. The number of carbonyl (C=O) groups is 7. The number of alkyl carbamates (subject to hydrolysis) is 1. The van der Waals surface area contributed by atoms with Crippen molar-refractivity contribution in [2.45, 2.75) is 259 Å². The molecule has 2 heterocycles. The molecule has 480 valence electrons. The molecule has 0 aliphatic carbocycles. The van der Waals surface area contributed by atoms with Crippen LogP contribution in [0.25, 0.3) is 0 Å². The second-order valence-electron chi connectivity index (χ2n) is 20.7. The number of nitrogens with one attached hydrogen (secondary N) is 1. The second-order valence-corrected chi connectivity index (χ2v) is 20.7. The van der Waals surface area contributed by atoms with Crippen molar-refractivity contribution >= 4 is 42.0 Å². The lowest BCUT2D eigenvalue weighted by Gasteiger charge is -2.18. The molecule has 0 fully saturated rings. The molecule has 0 saturated carbocycles. The molecule has 1 unspecified atom stereocenters. The van der Waals surface area contributed by atoms with Crippen molar-refractivity contribution in [2.75, 3.05) is 53.2 Å². The first-order chi connectivity index (χ1) is 40.3. The Labute approximate surface area is 498 Å². The monoisotopic (exact) mass is 1180 g/mol. The molecular weight excluding hydrogens is 1070 g/mol. The van der Waals surface area contributed by atoms with Crippen molar-refractivity contribution in [1.29, 1.82) is 0 Å². The summed E-state index contributed by atoms with van der Waals surface area (Å²) in [5.74, 6) is -1.47. The molecule has 2 rings (SSSR count). The van der Waals surface area contributed by atoms with Gasteiger partial charge in [-0.2, -0.15) is 0 Å². The molecule has 0 bridgehead atoms. The summed E-state index contributed by atoms with van der Waals surface area (Å²) in [6, 6.07) is -0.190. The van der Waals surface area contributed by atoms with Gasteiger partial charge in [0, 0.05) is 57.0 Å². The highest BCUT2D eigenvalue weighted by atomic mass is 16.6. The third-order valence-electron chi connectivity index (χ3n) is 13.0. The summed E-state index contributed by atoms with van der Waals surface area (Å²) >= 11 is 0. The van der Waals surface area contributed by atoms with Gasteiger partial charge in [0.2, 0.25) is 0 Å². The van der Waals surface area contributed by atoms with E-state index >= 15 is 0 Å². The predicted octanol–water partition coefficient (Wildman–Crippen LogP) is 11.9. The second kappa shape index (κ2) is 59.7. The fourth-order valence-corrected chi connectivity index (χ4v) is 7.95. The Bertz CT molecular complexity index is 1740. The van der Waals surface area contributed by atoms with E-state index in [1.807, 2.05) is 0 Å². The number of nitrogens with two attached hydrogens (primary N) is 2. The number of carbonyl (C=O) groups excluding carboxylic acids is 7. The van der Waals surface area contributed by atoms with E-state index in [1.54, 1.807) is 24.8 Å². The van der Waals surface area contributed by atoms with E-state index in [0.717, 1.165) is 154 Å². The highest BCUT2D eigenvalue weighted by Gasteiger charge is 2.21. The van der Waals surface area contributed by atoms with Gasteiger partial charge >= 0.3 is 42.0 Å². The van der Waals surface area contributed by atoms with Crippen LogP contribution in [0.15, 0.2) is 37.4 Å². The lowest BCUT2D eigenvalue weighted by molar-refractivity contribution is -0.154. The number of amides is 1. The molecule has 2 aromatic heterocycles. The molecule has 0 aromatic carbocycles. The first-order valence-electron chi connectivity index (χ1n) is 31.5. The van der Waals surface area contributed by atoms with Crippen LogP contribution in [0.4, 0.5) is 9.59 Å². The molecule has 6 N–H and O–H groups in total. The number of methoxy groups -OCH3 is 1. The molecule has 1 amide bonds. The largest absolute Gasteiger partial charge is 0.469 e. The number of esters is 5. The molecule has 1 atom stereocenters. The number of aliphatic hydroxyl groups is 1. The SMILES string of the molecule is CCCCCC(=O)OCC(COC(=O)CCCCC)OC(=O)NCCCCCCCCCC(CCCCN)C(=O)OC.CCCCCC(=O)OCC(O)COC(=O)CCCCC.CCCCCCCCN.O=C(n1ccnc1)n1ccnc1. The number of aromatic nitrogens is 4. The summed E-state index contributed by atoms with van der Waals surface area (Å²) in [6.45, 7) is 11.9. The number of hydrogen-bond acceptors (Lipinski definition) is 18. The number of hydrogen-bond donors (Lipinski definition) is 4. The highest BCUT2D eigenvalue weighted by molar-refractivity contribution is 5.78. The summed E-state index contributed by atoms with van der Waals surface area (Å²) < 4.78 is 33.4. The number of ether oxygens (including phenoxy) is 6. The van der Waals surface area contributed by atoms with Crippen molar-refractivity contribution in [3.8, 4) is 0 Å². The van der Waals surface area contributed by atoms with E-state index < -0.39 is 18.3 Å². The van der Waals surface area contributed by atoms with Crippen LogP contribution in [0, 0.1) is 5.92 Å². The first-order valence-corrected chi connectivity index (χ1v) is 31.5. The van der Waals surface area contributed by atoms with Crippen LogP contribution in [0.3, 0.4) is 0 Å². The van der Waals surface area contributed by atoms with Gasteiger partial charge in [-0.3, -0.25) is 33.1 Å². The zero-order chi connectivity index (χ0) is 61.8. The summed E-state index contributed by atoms with van der Waals surface area (Å²) in [4.78, 5) is 89.8. The Morgan fingerprint density at radius 1 is 0.482 bits per heavy atom. The third kappa shape index (κ3) is 51.9. The van der Waals surface area contributed by atoms with Crippen molar-refractivity contribution in [3.05, 3.63) is 37.4 Å². The van der Waals surface area contributed by atoms with Gasteiger partial charge in [0.15, 0.2) is 6.10 Å². The number of unbranched alkanes of at least 4 members (excludes halogenated alkanes) is 20. The van der Waals surface area contributed by atoms with Gasteiger partial charge in [-0.25, -0.2) is 19.6 Å². The molecule has 2 aromatic rings. The average Bonchev–Trinajstić information content (AvgIpc) is 4.26. The fourth-order valence-electron chi connectivity index (χ4n) is 7.95. The van der Waals surface area contributed by atoms with Crippen molar-refractivity contribution in [2.24, 2.45) is 17.4 Å². The van der Waals surface area contributed by atoms with Crippen LogP contribution < -0.4 is 16.8 Å². The summed E-state index contributed by atoms with van der Waals surface area (Å²) in [5, 5.41) is 12.3. The lowest BCUT2D eigenvalue weighted by atomic mass is 9.95. The van der Waals surface area contributed by atoms with Crippen molar-refractivity contribution < 1.29 is 67.1 Å². The van der Waals surface area contributed by atoms with Crippen LogP contribution in [-0.2, 0) is 52.4 Å². The molecule has 0 aliphatic heterocycles. The fraction of sp³-hybridized carbons (Fsp3) is 0.790. The van der Waals surface area contributed by atoms with Gasteiger partial charge < -0.3 is 50.3 Å². The van der Waals surface area contributed by atoms with E-state index in [-0.39, 0.29) is 68.2 Å². The van der Waals surface area contributed by atoms with Crippen LogP contribution >= 0.6 is 0 Å². The molecule has 0 radical (unpaired) electrons. The number of nitrogens with zero attached hydrogens (tertiary/aromatic N) is 4. The first kappa shape index (κ1) is 79.7. The van der Waals surface area contributed by atoms with E-state index in [4.69, 9.17) is 39.9 Å². The normalized spacial score (nSPS) is 11.0. The van der Waals surface area contributed by atoms with Gasteiger partial charge in [-0.05, 0) is 70.9 Å². The van der Waals surface area contributed by atoms with Gasteiger partial charge in [0.25, 0.3) is 0 Å². The Morgan fingerprint density at radius 2 is 0.831 bits per heavy atom. The van der Waals surface area contributed by atoms with Crippen molar-refractivity contribution in [1.82, 2.24) is 24.4 Å². The van der Waals surface area contributed by atoms with Crippen molar-refractivity contribution in [3.63, 3.8) is 0 Å². The van der Waals surface area contributed by atoms with Gasteiger partial charge in [0.1, 0.15) is 45.2 Å². The topological polar surface area (TPSA) is 295 Å². The Kier molecular flexibility index (Phi) is 57.3. The van der Waals surface area contributed by atoms with Gasteiger partial charge in [-0.1, -0.05) is 163 Å². The minimum atomic E-state index is -0.944. The Hall–Kier alpha value is -5.41. The summed E-state index contributed by atoms with van der Waals surface area (Å²) in [7, 11) is 1.45. The zero-order valence-corrected chi connectivity index (χ0v) is 52.2. The van der Waals surface area contributed by atoms with E-state index in [2.05, 4.69) is 49.9 Å². The Balaban J connectivity index is 0. The Morgan fingerprint density at radius 3 is 1.22 bits per heavy atom. The molecule has 0 saturated heterocycles. The molecule has 0 spiro atoms. The van der Waals surface area contributed by atoms with Gasteiger partial charge in [-0.15, -0.1) is 0 Å². The molecule has 21 nitrogen and oxygen atoms in total. The number of aliphatic hydroxyl groups excluding tert-OH is 1. The average molecular weight is 1180 g/mol. The number of imidazole rings is 2. The lowest BCUT2D eigenvalue weighted by Crippen LogP contribution is -2.35. The molecule has 0 aliphatic rings. The maximum atomic E-state index is 12.3.